The Kier molecular flexibility index (Phi) is 12.7. The largest absolute Gasteiger partial charge is 0.513 e. The van der Waals surface area contributed by atoms with Crippen LogP contribution in [0.5, 0.6) is 11.5 Å². The van der Waals surface area contributed by atoms with E-state index in [-0.39, 0.29) is 36.6 Å². The van der Waals surface area contributed by atoms with Crippen LogP contribution >= 0.6 is 0 Å². The van der Waals surface area contributed by atoms with Crippen molar-refractivity contribution in [2.75, 3.05) is 13.2 Å². The van der Waals surface area contributed by atoms with Gasteiger partial charge in [0, 0.05) is 6.08 Å². The zero-order chi connectivity index (χ0) is 33.8. The second-order valence-electron chi connectivity index (χ2n) is 12.1. The summed E-state index contributed by atoms with van der Waals surface area (Å²) >= 11 is 0. The van der Waals surface area contributed by atoms with Crippen molar-refractivity contribution in [3.05, 3.63) is 96.6 Å². The van der Waals surface area contributed by atoms with E-state index >= 15 is 0 Å². The van der Waals surface area contributed by atoms with Crippen LogP contribution in [-0.4, -0.2) is 43.4 Å². The van der Waals surface area contributed by atoms with Gasteiger partial charge in [-0.25, -0.2) is 19.2 Å². The van der Waals surface area contributed by atoms with Gasteiger partial charge in [-0.2, -0.15) is 0 Å². The molecule has 0 aromatic heterocycles. The molecule has 47 heavy (non-hydrogen) atoms. The van der Waals surface area contributed by atoms with E-state index in [0.29, 0.717) is 41.9 Å². The molecule has 1 saturated carbocycles. The number of hydrogen-bond acceptors (Lipinski definition) is 9. The third-order valence-corrected chi connectivity index (χ3v) is 8.20. The van der Waals surface area contributed by atoms with Crippen LogP contribution in [0.15, 0.2) is 85.5 Å². The fourth-order valence-corrected chi connectivity index (χ4v) is 5.51. The fraction of sp³-hybridized carbons (Fsp3) is 0.368. The predicted octanol–water partition coefficient (Wildman–Crippen LogP) is 8.22. The van der Waals surface area contributed by atoms with Gasteiger partial charge in [0.05, 0.1) is 24.3 Å². The Hall–Kier alpha value is -4.92. The standard InChI is InChI=1S/C38H42O9/c1-5-35(39)43-22-6-7-23-44-38(42)46-32-19-15-30(16-20-32)36(40)45-31-17-13-28(14-18-31)27-9-11-29(12-10-27)37(41)47-34-24-26(4)8-21-33(34)25(2)3/h5,9-20,25-26,33-34H,1,6-8,21-24H2,2-4H3. The van der Waals surface area contributed by atoms with E-state index < -0.39 is 18.1 Å². The average Bonchev–Trinajstić information content (AvgIpc) is 3.06. The Morgan fingerprint density at radius 2 is 1.28 bits per heavy atom. The van der Waals surface area contributed by atoms with E-state index in [1.54, 1.807) is 24.3 Å². The summed E-state index contributed by atoms with van der Waals surface area (Å²) in [6.45, 7) is 10.2. The number of esters is 3. The Labute approximate surface area is 275 Å². The lowest BCUT2D eigenvalue weighted by atomic mass is 9.75. The molecule has 248 valence electrons. The first kappa shape index (κ1) is 34.9. The molecule has 0 amide bonds. The minimum atomic E-state index is -0.882. The maximum absolute atomic E-state index is 12.9. The van der Waals surface area contributed by atoms with Crippen molar-refractivity contribution in [2.45, 2.75) is 59.0 Å². The smallest absolute Gasteiger partial charge is 0.463 e. The molecule has 0 radical (unpaired) electrons. The van der Waals surface area contributed by atoms with Crippen LogP contribution in [0.4, 0.5) is 4.79 Å². The van der Waals surface area contributed by atoms with Crippen molar-refractivity contribution in [2.24, 2.45) is 17.8 Å². The monoisotopic (exact) mass is 642 g/mol. The molecule has 0 bridgehead atoms. The zero-order valence-electron chi connectivity index (χ0n) is 27.1. The number of benzene rings is 3. The lowest BCUT2D eigenvalue weighted by Crippen LogP contribution is -2.35. The van der Waals surface area contributed by atoms with Crippen molar-refractivity contribution >= 4 is 24.1 Å². The molecule has 1 aliphatic rings. The van der Waals surface area contributed by atoms with Crippen LogP contribution in [0, 0.1) is 17.8 Å². The molecule has 9 nitrogen and oxygen atoms in total. The lowest BCUT2D eigenvalue weighted by molar-refractivity contribution is -0.137. The van der Waals surface area contributed by atoms with E-state index in [2.05, 4.69) is 27.4 Å². The van der Waals surface area contributed by atoms with Gasteiger partial charge in [0.1, 0.15) is 17.6 Å². The van der Waals surface area contributed by atoms with Gasteiger partial charge in [0.25, 0.3) is 0 Å². The normalized spacial score (nSPS) is 17.3. The highest BCUT2D eigenvalue weighted by Crippen LogP contribution is 2.36. The number of unbranched alkanes of at least 4 members (excludes halogenated alkanes) is 1. The second-order valence-corrected chi connectivity index (χ2v) is 12.1. The van der Waals surface area contributed by atoms with Crippen LogP contribution in [0.1, 0.15) is 73.6 Å². The SMILES string of the molecule is C=CC(=O)OCCCCOC(=O)Oc1ccc(C(=O)Oc2ccc(-c3ccc(C(=O)OC4CC(C)CCC4C(C)C)cc3)cc2)cc1. The molecule has 0 saturated heterocycles. The highest BCUT2D eigenvalue weighted by molar-refractivity contribution is 5.91. The van der Waals surface area contributed by atoms with Gasteiger partial charge in [0.2, 0.25) is 0 Å². The molecule has 9 heteroatoms. The summed E-state index contributed by atoms with van der Waals surface area (Å²) in [4.78, 5) is 48.5. The summed E-state index contributed by atoms with van der Waals surface area (Å²) in [5.41, 5.74) is 2.60. The Morgan fingerprint density at radius 3 is 1.89 bits per heavy atom. The molecular formula is C38H42O9. The van der Waals surface area contributed by atoms with Gasteiger partial charge in [-0.1, -0.05) is 58.0 Å². The lowest BCUT2D eigenvalue weighted by Gasteiger charge is -2.36. The molecule has 1 aliphatic carbocycles. The quantitative estimate of drug-likeness (QED) is 0.0454. The third kappa shape index (κ3) is 10.6. The number of hydrogen-bond donors (Lipinski definition) is 0. The van der Waals surface area contributed by atoms with Gasteiger partial charge in [0.15, 0.2) is 0 Å². The van der Waals surface area contributed by atoms with Gasteiger partial charge in [-0.3, -0.25) is 0 Å². The first-order valence-electron chi connectivity index (χ1n) is 16.0. The average molecular weight is 643 g/mol. The van der Waals surface area contributed by atoms with Crippen LogP contribution in [0.25, 0.3) is 11.1 Å². The van der Waals surface area contributed by atoms with Crippen LogP contribution in [-0.2, 0) is 19.0 Å². The van der Waals surface area contributed by atoms with E-state index in [4.69, 9.17) is 23.7 Å². The maximum Gasteiger partial charge on any atom is 0.513 e. The molecule has 3 atom stereocenters. The predicted molar refractivity (Wildman–Crippen MR) is 176 cm³/mol. The summed E-state index contributed by atoms with van der Waals surface area (Å²) in [6, 6.07) is 20.3. The molecule has 3 aromatic carbocycles. The second kappa shape index (κ2) is 17.1. The summed E-state index contributed by atoms with van der Waals surface area (Å²) in [6.07, 6.45) is 4.33. The Morgan fingerprint density at radius 1 is 0.745 bits per heavy atom. The van der Waals surface area contributed by atoms with E-state index in [1.807, 2.05) is 24.3 Å². The van der Waals surface area contributed by atoms with E-state index in [1.165, 1.54) is 30.7 Å². The number of carbonyl (C=O) groups is 4. The molecule has 0 N–H and O–H groups in total. The minimum absolute atomic E-state index is 0.0541. The minimum Gasteiger partial charge on any atom is -0.463 e. The van der Waals surface area contributed by atoms with Crippen LogP contribution < -0.4 is 9.47 Å². The number of rotatable bonds is 13. The molecule has 0 aliphatic heterocycles. The summed E-state index contributed by atoms with van der Waals surface area (Å²) in [5, 5.41) is 0. The van der Waals surface area contributed by atoms with Gasteiger partial charge >= 0.3 is 24.1 Å². The van der Waals surface area contributed by atoms with Crippen LogP contribution in [0.3, 0.4) is 0 Å². The van der Waals surface area contributed by atoms with Gasteiger partial charge in [-0.05, 0) is 103 Å². The first-order valence-corrected chi connectivity index (χ1v) is 16.0. The molecule has 3 unspecified atom stereocenters. The molecule has 1 fully saturated rings. The van der Waals surface area contributed by atoms with Gasteiger partial charge < -0.3 is 23.7 Å². The summed E-state index contributed by atoms with van der Waals surface area (Å²) in [7, 11) is 0. The Balaban J connectivity index is 1.23. The molecule has 4 rings (SSSR count). The first-order chi connectivity index (χ1) is 22.6. The summed E-state index contributed by atoms with van der Waals surface area (Å²) < 4.78 is 26.5. The maximum atomic E-state index is 12.9. The fourth-order valence-electron chi connectivity index (χ4n) is 5.51. The molecule has 3 aromatic rings. The van der Waals surface area contributed by atoms with Crippen molar-refractivity contribution in [1.82, 2.24) is 0 Å². The number of ether oxygens (including phenoxy) is 5. The van der Waals surface area contributed by atoms with Crippen molar-refractivity contribution in [3.63, 3.8) is 0 Å². The van der Waals surface area contributed by atoms with Crippen molar-refractivity contribution in [3.8, 4) is 22.6 Å². The van der Waals surface area contributed by atoms with Crippen LogP contribution in [0.2, 0.25) is 0 Å². The Bertz CT molecular complexity index is 1510. The van der Waals surface area contributed by atoms with Crippen molar-refractivity contribution in [1.29, 1.82) is 0 Å². The molecular weight excluding hydrogens is 600 g/mol. The topological polar surface area (TPSA) is 114 Å². The molecule has 0 heterocycles. The highest BCUT2D eigenvalue weighted by atomic mass is 16.7. The summed E-state index contributed by atoms with van der Waals surface area (Å²) in [5.74, 6) is 0.614. The van der Waals surface area contributed by atoms with Crippen molar-refractivity contribution < 1.29 is 42.9 Å². The third-order valence-electron chi connectivity index (χ3n) is 8.20. The zero-order valence-corrected chi connectivity index (χ0v) is 27.1. The van der Waals surface area contributed by atoms with Gasteiger partial charge in [-0.15, -0.1) is 0 Å². The van der Waals surface area contributed by atoms with E-state index in [9.17, 15) is 19.2 Å². The molecule has 0 spiro atoms. The highest BCUT2D eigenvalue weighted by Gasteiger charge is 2.33. The van der Waals surface area contributed by atoms with E-state index in [0.717, 1.165) is 30.0 Å². The number of carbonyl (C=O) groups excluding carboxylic acids is 4.